The summed E-state index contributed by atoms with van der Waals surface area (Å²) in [5.74, 6) is 0.550. The van der Waals surface area contributed by atoms with Crippen molar-refractivity contribution in [3.05, 3.63) is 69.0 Å². The van der Waals surface area contributed by atoms with Crippen LogP contribution < -0.4 is 5.43 Å². The van der Waals surface area contributed by atoms with E-state index in [1.807, 2.05) is 44.2 Å². The molecular weight excluding hydrogens is 326 g/mol. The SMILES string of the molecule is Cc1cc(C(C)O)c2oc(-c3ccc4[nH]c(C)cc4c3)c(C)c(=O)c2c1. The first kappa shape index (κ1) is 16.6. The van der Waals surface area contributed by atoms with Crippen molar-refractivity contribution >= 4 is 21.9 Å². The molecule has 0 fully saturated rings. The highest BCUT2D eigenvalue weighted by atomic mass is 16.3. The smallest absolute Gasteiger partial charge is 0.196 e. The second kappa shape index (κ2) is 5.85. The monoisotopic (exact) mass is 347 g/mol. The fourth-order valence-corrected chi connectivity index (χ4v) is 3.57. The Kier molecular flexibility index (Phi) is 3.74. The lowest BCUT2D eigenvalue weighted by molar-refractivity contribution is 0.199. The quantitative estimate of drug-likeness (QED) is 0.541. The van der Waals surface area contributed by atoms with Gasteiger partial charge in [0.2, 0.25) is 0 Å². The van der Waals surface area contributed by atoms with Crippen molar-refractivity contribution < 1.29 is 9.52 Å². The average Bonchev–Trinajstić information content (AvgIpc) is 2.96. The Morgan fingerprint density at radius 2 is 1.85 bits per heavy atom. The highest BCUT2D eigenvalue weighted by molar-refractivity contribution is 5.88. The third-order valence-corrected chi connectivity index (χ3v) is 4.86. The fourth-order valence-electron chi connectivity index (χ4n) is 3.57. The largest absolute Gasteiger partial charge is 0.455 e. The van der Waals surface area contributed by atoms with Crippen LogP contribution in [0.4, 0.5) is 0 Å². The third kappa shape index (κ3) is 2.54. The Labute approximate surface area is 151 Å². The van der Waals surface area contributed by atoms with Crippen molar-refractivity contribution in [1.82, 2.24) is 4.98 Å². The van der Waals surface area contributed by atoms with Gasteiger partial charge in [-0.3, -0.25) is 4.79 Å². The summed E-state index contributed by atoms with van der Waals surface area (Å²) in [6.45, 7) is 7.40. The van der Waals surface area contributed by atoms with Gasteiger partial charge in [-0.1, -0.05) is 0 Å². The van der Waals surface area contributed by atoms with E-state index in [-0.39, 0.29) is 5.43 Å². The number of hydrogen-bond donors (Lipinski definition) is 2. The summed E-state index contributed by atoms with van der Waals surface area (Å²) in [5, 5.41) is 11.7. The summed E-state index contributed by atoms with van der Waals surface area (Å²) in [4.78, 5) is 16.3. The van der Waals surface area contributed by atoms with Gasteiger partial charge in [0.25, 0.3) is 0 Å². The van der Waals surface area contributed by atoms with Gasteiger partial charge in [0.05, 0.1) is 11.5 Å². The topological polar surface area (TPSA) is 66.2 Å². The van der Waals surface area contributed by atoms with Crippen molar-refractivity contribution in [3.63, 3.8) is 0 Å². The van der Waals surface area contributed by atoms with E-state index in [9.17, 15) is 9.90 Å². The summed E-state index contributed by atoms with van der Waals surface area (Å²) in [6.07, 6.45) is -0.717. The number of aliphatic hydroxyl groups excluding tert-OH is 1. The molecule has 2 aromatic carbocycles. The molecule has 0 spiro atoms. The maximum atomic E-state index is 13.0. The molecule has 0 bridgehead atoms. The zero-order valence-corrected chi connectivity index (χ0v) is 15.3. The van der Waals surface area contributed by atoms with Gasteiger partial charge in [0.1, 0.15) is 11.3 Å². The van der Waals surface area contributed by atoms with Gasteiger partial charge < -0.3 is 14.5 Å². The van der Waals surface area contributed by atoms with Gasteiger partial charge in [-0.25, -0.2) is 0 Å². The number of rotatable bonds is 2. The van der Waals surface area contributed by atoms with E-state index in [0.29, 0.717) is 27.9 Å². The van der Waals surface area contributed by atoms with Gasteiger partial charge in [0.15, 0.2) is 5.43 Å². The van der Waals surface area contributed by atoms with Crippen LogP contribution in [0.2, 0.25) is 0 Å². The number of nitrogens with one attached hydrogen (secondary N) is 1. The third-order valence-electron chi connectivity index (χ3n) is 4.86. The minimum atomic E-state index is -0.717. The van der Waals surface area contributed by atoms with Crippen LogP contribution in [-0.4, -0.2) is 10.1 Å². The van der Waals surface area contributed by atoms with Crippen molar-refractivity contribution in [2.45, 2.75) is 33.8 Å². The highest BCUT2D eigenvalue weighted by Crippen LogP contribution is 2.32. The second-order valence-corrected chi connectivity index (χ2v) is 7.05. The molecule has 1 unspecified atom stereocenters. The van der Waals surface area contributed by atoms with E-state index in [0.717, 1.165) is 27.7 Å². The molecular formula is C22H21NO3. The maximum absolute atomic E-state index is 13.0. The van der Waals surface area contributed by atoms with Gasteiger partial charge in [-0.2, -0.15) is 0 Å². The van der Waals surface area contributed by atoms with Crippen LogP contribution in [0.3, 0.4) is 0 Å². The number of aryl methyl sites for hydroxylation is 2. The molecule has 0 saturated carbocycles. The molecule has 2 aromatic heterocycles. The molecule has 4 heteroatoms. The molecule has 4 nitrogen and oxygen atoms in total. The first-order chi connectivity index (χ1) is 12.3. The summed E-state index contributed by atoms with van der Waals surface area (Å²) in [5.41, 5.74) is 5.53. The summed E-state index contributed by atoms with van der Waals surface area (Å²) >= 11 is 0. The van der Waals surface area contributed by atoms with Crippen LogP contribution >= 0.6 is 0 Å². The van der Waals surface area contributed by atoms with E-state index < -0.39 is 6.10 Å². The second-order valence-electron chi connectivity index (χ2n) is 7.05. The lowest BCUT2D eigenvalue weighted by Gasteiger charge is -2.13. The van der Waals surface area contributed by atoms with Crippen LogP contribution in [0.5, 0.6) is 0 Å². The minimum Gasteiger partial charge on any atom is -0.455 e. The minimum absolute atomic E-state index is 0.0582. The Hall–Kier alpha value is -2.85. The highest BCUT2D eigenvalue weighted by Gasteiger charge is 2.18. The zero-order chi connectivity index (χ0) is 18.6. The standard InChI is InChI=1S/C22H21NO3/c1-11-7-17(14(4)24)22-18(8-11)20(25)13(3)21(26-22)15-5-6-19-16(10-15)9-12(2)23-19/h5-10,14,23-24H,1-4H3. The predicted octanol–water partition coefficient (Wildman–Crippen LogP) is 4.92. The lowest BCUT2D eigenvalue weighted by Crippen LogP contribution is -2.09. The van der Waals surface area contributed by atoms with Crippen molar-refractivity contribution in [3.8, 4) is 11.3 Å². The van der Waals surface area contributed by atoms with E-state index in [4.69, 9.17) is 4.42 Å². The first-order valence-electron chi connectivity index (χ1n) is 8.71. The van der Waals surface area contributed by atoms with E-state index in [2.05, 4.69) is 11.1 Å². The Morgan fingerprint density at radius 1 is 1.08 bits per heavy atom. The van der Waals surface area contributed by atoms with E-state index >= 15 is 0 Å². The Morgan fingerprint density at radius 3 is 2.58 bits per heavy atom. The van der Waals surface area contributed by atoms with E-state index in [1.54, 1.807) is 13.8 Å². The van der Waals surface area contributed by atoms with Crippen LogP contribution in [-0.2, 0) is 0 Å². The van der Waals surface area contributed by atoms with Crippen LogP contribution in [0.25, 0.3) is 33.2 Å². The summed E-state index contributed by atoms with van der Waals surface area (Å²) in [6, 6.07) is 11.7. The number of aromatic nitrogens is 1. The van der Waals surface area contributed by atoms with Crippen LogP contribution in [0, 0.1) is 20.8 Å². The van der Waals surface area contributed by atoms with Gasteiger partial charge >= 0.3 is 0 Å². The number of benzene rings is 2. The number of aromatic amines is 1. The molecule has 1 atom stereocenters. The maximum Gasteiger partial charge on any atom is 0.196 e. The normalized spacial score (nSPS) is 12.8. The molecule has 0 aliphatic carbocycles. The molecule has 0 saturated heterocycles. The molecule has 0 radical (unpaired) electrons. The average molecular weight is 347 g/mol. The van der Waals surface area contributed by atoms with Gasteiger partial charge in [0, 0.05) is 33.3 Å². The molecule has 26 heavy (non-hydrogen) atoms. The van der Waals surface area contributed by atoms with Crippen LogP contribution in [0.1, 0.15) is 35.4 Å². The number of H-pyrrole nitrogens is 1. The number of aliphatic hydroxyl groups is 1. The summed E-state index contributed by atoms with van der Waals surface area (Å²) < 4.78 is 6.19. The molecule has 2 N–H and O–H groups in total. The summed E-state index contributed by atoms with van der Waals surface area (Å²) in [7, 11) is 0. The van der Waals surface area contributed by atoms with Crippen molar-refractivity contribution in [2.75, 3.05) is 0 Å². The molecule has 4 aromatic rings. The molecule has 0 aliphatic heterocycles. The Bertz CT molecular complexity index is 1210. The lowest BCUT2D eigenvalue weighted by atomic mass is 9.99. The molecule has 132 valence electrons. The van der Waals surface area contributed by atoms with Crippen molar-refractivity contribution in [1.29, 1.82) is 0 Å². The Balaban J connectivity index is 2.05. The van der Waals surface area contributed by atoms with E-state index in [1.165, 1.54) is 0 Å². The fraction of sp³-hybridized carbons (Fsp3) is 0.227. The van der Waals surface area contributed by atoms with Gasteiger partial charge in [-0.15, -0.1) is 0 Å². The molecule has 0 aliphatic rings. The molecule has 4 rings (SSSR count). The predicted molar refractivity (Wildman–Crippen MR) is 105 cm³/mol. The first-order valence-corrected chi connectivity index (χ1v) is 8.71. The molecule has 2 heterocycles. The van der Waals surface area contributed by atoms with Gasteiger partial charge in [-0.05, 0) is 69.7 Å². The van der Waals surface area contributed by atoms with Crippen molar-refractivity contribution in [2.24, 2.45) is 0 Å². The van der Waals surface area contributed by atoms with Crippen LogP contribution in [0.15, 0.2) is 45.6 Å². The number of hydrogen-bond acceptors (Lipinski definition) is 3. The number of fused-ring (bicyclic) bond motifs is 2. The molecule has 0 amide bonds. The zero-order valence-electron chi connectivity index (χ0n) is 15.3.